The summed E-state index contributed by atoms with van der Waals surface area (Å²) in [6.45, 7) is 3.66. The minimum atomic E-state index is -4.60. The van der Waals surface area contributed by atoms with Gasteiger partial charge in [0.05, 0.1) is 6.61 Å². The largest absolute Gasteiger partial charge is 0.462 e. The van der Waals surface area contributed by atoms with Crippen LogP contribution in [0.3, 0.4) is 0 Å². The minimum Gasteiger partial charge on any atom is -0.462 e. The Bertz CT molecular complexity index is 1100. The lowest BCUT2D eigenvalue weighted by Gasteiger charge is -2.40. The van der Waals surface area contributed by atoms with Gasteiger partial charge in [-0.05, 0) is 38.5 Å². The van der Waals surface area contributed by atoms with Gasteiger partial charge in [0.2, 0.25) is 0 Å². The number of hydrogen-bond acceptors (Lipinski definition) is 11. The summed E-state index contributed by atoms with van der Waals surface area (Å²) < 4.78 is 53.7. The highest BCUT2D eigenvalue weighted by Gasteiger charge is 2.46. The number of esters is 2. The number of carbonyl (C=O) groups is 2. The van der Waals surface area contributed by atoms with Gasteiger partial charge in [0.15, 0.2) is 12.4 Å². The Morgan fingerprint density at radius 3 is 1.72 bits per heavy atom. The molecule has 1 aliphatic heterocycles. The molecule has 0 radical (unpaired) electrons. The average Bonchev–Trinajstić information content (AvgIpc) is 3.12. The van der Waals surface area contributed by atoms with Crippen molar-refractivity contribution in [3.8, 4) is 0 Å². The second kappa shape index (κ2) is 31.3. The molecule has 0 saturated carbocycles. The van der Waals surface area contributed by atoms with Gasteiger partial charge in [-0.2, -0.15) is 8.42 Å². The van der Waals surface area contributed by atoms with Gasteiger partial charge in [0.1, 0.15) is 36.8 Å². The van der Waals surface area contributed by atoms with E-state index in [-0.39, 0.29) is 19.4 Å². The van der Waals surface area contributed by atoms with E-state index in [0.29, 0.717) is 19.3 Å². The van der Waals surface area contributed by atoms with Crippen LogP contribution in [0.15, 0.2) is 24.3 Å². The molecule has 1 fully saturated rings. The number of allylic oxidation sites excluding steroid dienone is 4. The first-order valence-electron chi connectivity index (χ1n) is 20.4. The van der Waals surface area contributed by atoms with Gasteiger partial charge >= 0.3 is 11.9 Å². The minimum absolute atomic E-state index is 0.157. The van der Waals surface area contributed by atoms with E-state index in [1.54, 1.807) is 0 Å². The quantitative estimate of drug-likeness (QED) is 0.0226. The maximum absolute atomic E-state index is 12.7. The molecule has 1 heterocycles. The van der Waals surface area contributed by atoms with Gasteiger partial charge in [0.25, 0.3) is 10.1 Å². The van der Waals surface area contributed by atoms with Gasteiger partial charge in [-0.3, -0.25) is 14.1 Å². The monoisotopic (exact) mass is 776 g/mol. The van der Waals surface area contributed by atoms with Gasteiger partial charge in [-0.25, -0.2) is 0 Å². The highest BCUT2D eigenvalue weighted by molar-refractivity contribution is 7.85. The number of rotatable bonds is 33. The van der Waals surface area contributed by atoms with Crippen LogP contribution < -0.4 is 0 Å². The van der Waals surface area contributed by atoms with Crippen molar-refractivity contribution in [2.75, 3.05) is 19.0 Å². The molecule has 1 saturated heterocycles. The number of carbonyl (C=O) groups excluding carboxylic acids is 2. The first kappa shape index (κ1) is 49.1. The van der Waals surface area contributed by atoms with Crippen LogP contribution in [0.2, 0.25) is 0 Å². The zero-order valence-corrected chi connectivity index (χ0v) is 33.4. The Balaban J connectivity index is 2.48. The predicted molar refractivity (Wildman–Crippen MR) is 206 cm³/mol. The third kappa shape index (κ3) is 26.6. The Hall–Kier alpha value is -1.87. The lowest BCUT2D eigenvalue weighted by molar-refractivity contribution is -0.297. The first-order chi connectivity index (χ1) is 25.5. The van der Waals surface area contributed by atoms with Crippen LogP contribution >= 0.6 is 0 Å². The molecule has 12 nitrogen and oxygen atoms in total. The highest BCUT2D eigenvalue weighted by atomic mass is 32.2. The molecule has 13 heteroatoms. The Kier molecular flexibility index (Phi) is 29.1. The average molecular weight is 777 g/mol. The van der Waals surface area contributed by atoms with E-state index >= 15 is 0 Å². The summed E-state index contributed by atoms with van der Waals surface area (Å²) in [6, 6.07) is 0. The molecule has 1 rings (SSSR count). The van der Waals surface area contributed by atoms with Crippen LogP contribution in [0.5, 0.6) is 0 Å². The molecular weight excluding hydrogens is 704 g/mol. The van der Waals surface area contributed by atoms with E-state index in [1.807, 2.05) is 6.08 Å². The molecule has 0 amide bonds. The molecule has 0 aliphatic carbocycles. The van der Waals surface area contributed by atoms with Crippen molar-refractivity contribution >= 4 is 22.1 Å². The van der Waals surface area contributed by atoms with E-state index in [0.717, 1.165) is 32.1 Å². The van der Waals surface area contributed by atoms with E-state index in [9.17, 15) is 37.9 Å². The molecule has 0 aromatic carbocycles. The van der Waals surface area contributed by atoms with Crippen molar-refractivity contribution in [1.82, 2.24) is 0 Å². The first-order valence-corrected chi connectivity index (χ1v) is 22.0. The van der Waals surface area contributed by atoms with Crippen molar-refractivity contribution in [2.24, 2.45) is 0 Å². The topological polar surface area (TPSA) is 186 Å². The number of aliphatic hydroxyl groups is 3. The summed E-state index contributed by atoms with van der Waals surface area (Å²) in [4.78, 5) is 25.2. The van der Waals surface area contributed by atoms with Crippen LogP contribution in [-0.2, 0) is 38.7 Å². The van der Waals surface area contributed by atoms with Crippen LogP contribution in [0.25, 0.3) is 0 Å². The number of ether oxygens (including phenoxy) is 4. The molecule has 53 heavy (non-hydrogen) atoms. The summed E-state index contributed by atoms with van der Waals surface area (Å²) in [7, 11) is -4.60. The van der Waals surface area contributed by atoms with E-state index < -0.39 is 71.2 Å². The predicted octanol–water partition coefficient (Wildman–Crippen LogP) is 7.28. The number of aliphatic hydroxyl groups excluding tert-OH is 3. The summed E-state index contributed by atoms with van der Waals surface area (Å²) in [5, 5.41) is 30.7. The lowest BCUT2D eigenvalue weighted by atomic mass is 10.00. The van der Waals surface area contributed by atoms with Crippen LogP contribution in [0.1, 0.15) is 162 Å². The summed E-state index contributed by atoms with van der Waals surface area (Å²) >= 11 is 0. The molecule has 4 N–H and O–H groups in total. The number of hydrogen-bond donors (Lipinski definition) is 4. The Morgan fingerprint density at radius 1 is 0.642 bits per heavy atom. The van der Waals surface area contributed by atoms with Gasteiger partial charge in [-0.1, -0.05) is 134 Å². The third-order valence-corrected chi connectivity index (χ3v) is 10.0. The normalized spacial score (nSPS) is 21.4. The summed E-state index contributed by atoms with van der Waals surface area (Å²) in [6.07, 6.45) is 22.7. The Morgan fingerprint density at radius 2 is 1.15 bits per heavy atom. The SMILES string of the molecule is CCCCCCCCCCC/C=C/C/C=C/CCCC(=O)OC[C@H](CO[C@H]1O[C@H](CS(=O)(=O)O)[C@@H](O)C(O)C1O)OC(=O)CCCCCCCCCC. The number of unbranched alkanes of at least 4 members (excludes halogenated alkanes) is 17. The standard InChI is InChI=1S/C40H72O12S/c1-3-5-7-9-11-13-14-15-16-17-18-19-20-21-23-24-26-28-35(41)49-30-33(51-36(42)29-27-25-22-12-10-8-6-4-2)31-50-40-39(45)38(44)37(43)34(52-40)32-53(46,47)48/h18-19,21,23,33-34,37-40,43-45H,3-17,20,22,24-32H2,1-2H3,(H,46,47,48)/b19-18+,23-21+/t33-,34-,37-,38?,39?,40+/m1/s1. The second-order valence-electron chi connectivity index (χ2n) is 14.3. The van der Waals surface area contributed by atoms with Gasteiger partial charge in [-0.15, -0.1) is 0 Å². The van der Waals surface area contributed by atoms with Crippen LogP contribution in [0.4, 0.5) is 0 Å². The maximum atomic E-state index is 12.7. The fraction of sp³-hybridized carbons (Fsp3) is 0.850. The van der Waals surface area contributed by atoms with Crippen LogP contribution in [-0.4, -0.2) is 96.0 Å². The molecule has 0 aromatic heterocycles. The smallest absolute Gasteiger partial charge is 0.306 e. The molecule has 6 atom stereocenters. The zero-order valence-electron chi connectivity index (χ0n) is 32.6. The van der Waals surface area contributed by atoms with Gasteiger partial charge in [0, 0.05) is 12.8 Å². The second-order valence-corrected chi connectivity index (χ2v) is 15.8. The fourth-order valence-electron chi connectivity index (χ4n) is 6.07. The Labute approximate surface area is 319 Å². The molecule has 0 bridgehead atoms. The van der Waals surface area contributed by atoms with E-state index in [2.05, 4.69) is 32.1 Å². The maximum Gasteiger partial charge on any atom is 0.306 e. The van der Waals surface area contributed by atoms with Crippen molar-refractivity contribution in [3.05, 3.63) is 24.3 Å². The summed E-state index contributed by atoms with van der Waals surface area (Å²) in [5.41, 5.74) is 0. The molecular formula is C40H72O12S. The van der Waals surface area contributed by atoms with Crippen molar-refractivity contribution < 1.29 is 56.8 Å². The third-order valence-electron chi connectivity index (χ3n) is 9.28. The molecule has 2 unspecified atom stereocenters. The summed E-state index contributed by atoms with van der Waals surface area (Å²) in [5.74, 6) is -2.04. The van der Waals surface area contributed by atoms with Crippen molar-refractivity contribution in [2.45, 2.75) is 198 Å². The zero-order chi connectivity index (χ0) is 39.2. The van der Waals surface area contributed by atoms with Crippen LogP contribution in [0, 0.1) is 0 Å². The van der Waals surface area contributed by atoms with Gasteiger partial charge < -0.3 is 34.3 Å². The van der Waals surface area contributed by atoms with E-state index in [1.165, 1.54) is 83.5 Å². The van der Waals surface area contributed by atoms with Crippen molar-refractivity contribution in [3.63, 3.8) is 0 Å². The molecule has 0 spiro atoms. The molecule has 1 aliphatic rings. The van der Waals surface area contributed by atoms with Crippen molar-refractivity contribution in [1.29, 1.82) is 0 Å². The molecule has 310 valence electrons. The lowest BCUT2D eigenvalue weighted by Crippen LogP contribution is -2.60. The molecule has 0 aromatic rings. The van der Waals surface area contributed by atoms with E-state index in [4.69, 9.17) is 18.9 Å². The fourth-order valence-corrected chi connectivity index (χ4v) is 6.76. The highest BCUT2D eigenvalue weighted by Crippen LogP contribution is 2.24.